The summed E-state index contributed by atoms with van der Waals surface area (Å²) in [7, 11) is 0. The number of hydrogen-bond donors (Lipinski definition) is 1. The molecule has 88 valence electrons. The first-order chi connectivity index (χ1) is 8.29. The molecule has 2 heterocycles. The zero-order chi connectivity index (χ0) is 11.8. The van der Waals surface area contributed by atoms with Crippen molar-refractivity contribution in [2.45, 2.75) is 13.3 Å². The molecule has 0 radical (unpaired) electrons. The Hall–Kier alpha value is -2.17. The van der Waals surface area contributed by atoms with E-state index in [1.54, 1.807) is 0 Å². The fourth-order valence-electron chi connectivity index (χ4n) is 1.93. The Kier molecular flexibility index (Phi) is 2.18. The molecule has 0 fully saturated rings. The van der Waals surface area contributed by atoms with E-state index in [0.717, 1.165) is 34.7 Å². The first-order valence-corrected chi connectivity index (χ1v) is 5.43. The van der Waals surface area contributed by atoms with Crippen molar-refractivity contribution in [3.05, 3.63) is 23.8 Å². The summed E-state index contributed by atoms with van der Waals surface area (Å²) >= 11 is 0. The Morgan fingerprint density at radius 3 is 2.94 bits per heavy atom. The van der Waals surface area contributed by atoms with E-state index in [-0.39, 0.29) is 6.79 Å². The van der Waals surface area contributed by atoms with E-state index in [2.05, 4.69) is 5.16 Å². The van der Waals surface area contributed by atoms with Crippen LogP contribution in [0.1, 0.15) is 12.5 Å². The van der Waals surface area contributed by atoms with Crippen molar-refractivity contribution in [1.82, 2.24) is 5.16 Å². The van der Waals surface area contributed by atoms with Gasteiger partial charge in [0.25, 0.3) is 0 Å². The molecule has 1 aromatic carbocycles. The van der Waals surface area contributed by atoms with Crippen molar-refractivity contribution in [1.29, 1.82) is 0 Å². The van der Waals surface area contributed by atoms with E-state index in [4.69, 9.17) is 19.7 Å². The number of nitrogens with zero attached hydrogens (tertiary/aromatic N) is 1. The highest BCUT2D eigenvalue weighted by molar-refractivity contribution is 5.70. The summed E-state index contributed by atoms with van der Waals surface area (Å²) in [5, 5.41) is 3.99. The zero-order valence-electron chi connectivity index (χ0n) is 9.40. The standard InChI is InChI=1S/C12H12N2O3/c1-2-8-11(14-17-12(8)13)7-3-4-9-10(5-7)16-6-15-9/h3-5H,2,6,13H2,1H3. The highest BCUT2D eigenvalue weighted by Crippen LogP contribution is 2.37. The lowest BCUT2D eigenvalue weighted by Crippen LogP contribution is -1.93. The molecule has 1 aliphatic rings. The fourth-order valence-corrected chi connectivity index (χ4v) is 1.93. The van der Waals surface area contributed by atoms with Crippen LogP contribution in [0.5, 0.6) is 11.5 Å². The van der Waals surface area contributed by atoms with Gasteiger partial charge in [-0.05, 0) is 24.6 Å². The van der Waals surface area contributed by atoms with Gasteiger partial charge in [-0.1, -0.05) is 12.1 Å². The predicted octanol–water partition coefficient (Wildman–Crippen LogP) is 2.21. The number of nitrogens with two attached hydrogens (primary N) is 1. The van der Waals surface area contributed by atoms with Gasteiger partial charge in [0, 0.05) is 11.1 Å². The van der Waals surface area contributed by atoms with Crippen LogP contribution in [0.15, 0.2) is 22.7 Å². The van der Waals surface area contributed by atoms with Crippen molar-refractivity contribution >= 4 is 5.88 Å². The molecule has 0 bridgehead atoms. The summed E-state index contributed by atoms with van der Waals surface area (Å²) in [6.07, 6.45) is 0.777. The maximum atomic E-state index is 5.72. The largest absolute Gasteiger partial charge is 0.454 e. The quantitative estimate of drug-likeness (QED) is 0.859. The lowest BCUT2D eigenvalue weighted by atomic mass is 10.1. The second kappa shape index (κ2) is 3.69. The van der Waals surface area contributed by atoms with Crippen LogP contribution in [0, 0.1) is 0 Å². The van der Waals surface area contributed by atoms with Gasteiger partial charge in [0.15, 0.2) is 11.5 Å². The van der Waals surface area contributed by atoms with Gasteiger partial charge in [-0.3, -0.25) is 0 Å². The molecule has 0 aliphatic carbocycles. The molecule has 17 heavy (non-hydrogen) atoms. The van der Waals surface area contributed by atoms with Crippen molar-refractivity contribution < 1.29 is 14.0 Å². The molecule has 1 aromatic heterocycles. The monoisotopic (exact) mass is 232 g/mol. The van der Waals surface area contributed by atoms with E-state index in [9.17, 15) is 0 Å². The van der Waals surface area contributed by atoms with Crippen LogP contribution in [0.25, 0.3) is 11.3 Å². The molecule has 0 spiro atoms. The van der Waals surface area contributed by atoms with Crippen LogP contribution >= 0.6 is 0 Å². The first-order valence-electron chi connectivity index (χ1n) is 5.43. The minimum atomic E-state index is 0.264. The van der Waals surface area contributed by atoms with Crippen LogP contribution < -0.4 is 15.2 Å². The average Bonchev–Trinajstić information content (AvgIpc) is 2.93. The van der Waals surface area contributed by atoms with Crippen molar-refractivity contribution in [2.75, 3.05) is 12.5 Å². The molecule has 5 heteroatoms. The molecule has 0 saturated carbocycles. The molecular weight excluding hydrogens is 220 g/mol. The minimum Gasteiger partial charge on any atom is -0.454 e. The Morgan fingerprint density at radius 2 is 2.12 bits per heavy atom. The number of ether oxygens (including phenoxy) is 2. The molecule has 2 N–H and O–H groups in total. The van der Waals surface area contributed by atoms with Gasteiger partial charge >= 0.3 is 0 Å². The van der Waals surface area contributed by atoms with Crippen molar-refractivity contribution in [3.8, 4) is 22.8 Å². The Balaban J connectivity index is 2.09. The first kappa shape index (κ1) is 10.0. The SMILES string of the molecule is CCc1c(-c2ccc3c(c2)OCO3)noc1N. The van der Waals surface area contributed by atoms with Crippen molar-refractivity contribution in [3.63, 3.8) is 0 Å². The third-order valence-corrected chi connectivity index (χ3v) is 2.82. The normalized spacial score (nSPS) is 13.0. The maximum absolute atomic E-state index is 5.72. The van der Waals surface area contributed by atoms with E-state index in [1.807, 2.05) is 25.1 Å². The highest BCUT2D eigenvalue weighted by atomic mass is 16.7. The Bertz CT molecular complexity index is 563. The number of rotatable bonds is 2. The van der Waals surface area contributed by atoms with Gasteiger partial charge in [-0.25, -0.2) is 0 Å². The summed E-state index contributed by atoms with van der Waals surface area (Å²) in [5.41, 5.74) is 8.33. The average molecular weight is 232 g/mol. The van der Waals surface area contributed by atoms with E-state index < -0.39 is 0 Å². The summed E-state index contributed by atoms with van der Waals surface area (Å²) in [6, 6.07) is 5.67. The smallest absolute Gasteiger partial charge is 0.231 e. The van der Waals surface area contributed by atoms with Crippen LogP contribution in [-0.2, 0) is 6.42 Å². The molecule has 2 aromatic rings. The number of benzene rings is 1. The molecule has 0 atom stereocenters. The topological polar surface area (TPSA) is 70.5 Å². The Labute approximate surface area is 98.1 Å². The predicted molar refractivity (Wildman–Crippen MR) is 61.9 cm³/mol. The van der Waals surface area contributed by atoms with Crippen LogP contribution in [0.4, 0.5) is 5.88 Å². The number of aromatic nitrogens is 1. The highest BCUT2D eigenvalue weighted by Gasteiger charge is 2.18. The Morgan fingerprint density at radius 1 is 1.29 bits per heavy atom. The molecule has 1 aliphatic heterocycles. The minimum absolute atomic E-state index is 0.264. The van der Waals surface area contributed by atoms with E-state index in [0.29, 0.717) is 5.88 Å². The molecule has 0 amide bonds. The fraction of sp³-hybridized carbons (Fsp3) is 0.250. The third kappa shape index (κ3) is 1.51. The summed E-state index contributed by atoms with van der Waals surface area (Å²) in [5.74, 6) is 1.86. The van der Waals surface area contributed by atoms with Crippen LogP contribution in [-0.4, -0.2) is 11.9 Å². The van der Waals surface area contributed by atoms with Gasteiger partial charge in [0.2, 0.25) is 12.7 Å². The van der Waals surface area contributed by atoms with Crippen molar-refractivity contribution in [2.24, 2.45) is 0 Å². The summed E-state index contributed by atoms with van der Waals surface area (Å²) < 4.78 is 15.6. The van der Waals surface area contributed by atoms with E-state index >= 15 is 0 Å². The third-order valence-electron chi connectivity index (χ3n) is 2.82. The molecule has 3 rings (SSSR count). The summed E-state index contributed by atoms with van der Waals surface area (Å²) in [4.78, 5) is 0. The van der Waals surface area contributed by atoms with Gasteiger partial charge in [-0.2, -0.15) is 0 Å². The number of fused-ring (bicyclic) bond motifs is 1. The second-order valence-electron chi connectivity index (χ2n) is 3.80. The summed E-state index contributed by atoms with van der Waals surface area (Å²) in [6.45, 7) is 2.28. The van der Waals surface area contributed by atoms with Gasteiger partial charge in [-0.15, -0.1) is 0 Å². The molecule has 5 nitrogen and oxygen atoms in total. The van der Waals surface area contributed by atoms with Crippen LogP contribution in [0.3, 0.4) is 0 Å². The molecule has 0 saturated heterocycles. The van der Waals surface area contributed by atoms with Crippen LogP contribution in [0.2, 0.25) is 0 Å². The van der Waals surface area contributed by atoms with Gasteiger partial charge < -0.3 is 19.7 Å². The lowest BCUT2D eigenvalue weighted by molar-refractivity contribution is 0.174. The molecular formula is C12H12N2O3. The zero-order valence-corrected chi connectivity index (χ0v) is 9.40. The van der Waals surface area contributed by atoms with Gasteiger partial charge in [0.1, 0.15) is 5.69 Å². The maximum Gasteiger partial charge on any atom is 0.231 e. The lowest BCUT2D eigenvalue weighted by Gasteiger charge is -2.01. The second-order valence-corrected chi connectivity index (χ2v) is 3.80. The molecule has 0 unspecified atom stereocenters. The van der Waals surface area contributed by atoms with Gasteiger partial charge in [0.05, 0.1) is 0 Å². The number of hydrogen-bond acceptors (Lipinski definition) is 5. The van der Waals surface area contributed by atoms with E-state index in [1.165, 1.54) is 0 Å². The number of anilines is 1. The number of nitrogen functional groups attached to an aromatic ring is 1.